The Hall–Kier alpha value is -3.63. The van der Waals surface area contributed by atoms with Crippen LogP contribution < -0.4 is 9.64 Å². The number of carbonyl (C=O) groups excluding carboxylic acids is 1. The van der Waals surface area contributed by atoms with Crippen LogP contribution in [0.25, 0.3) is 5.82 Å². The Labute approximate surface area is 169 Å². The minimum atomic E-state index is -4.76. The van der Waals surface area contributed by atoms with Crippen molar-refractivity contribution in [2.75, 3.05) is 31.1 Å². The van der Waals surface area contributed by atoms with E-state index in [1.807, 2.05) is 17.0 Å². The van der Waals surface area contributed by atoms with E-state index < -0.39 is 6.36 Å². The van der Waals surface area contributed by atoms with Crippen LogP contribution in [-0.2, 0) is 0 Å². The van der Waals surface area contributed by atoms with Gasteiger partial charge in [0.2, 0.25) is 0 Å². The number of hydrogen-bond acceptors (Lipinski definition) is 6. The number of rotatable bonds is 4. The van der Waals surface area contributed by atoms with Crippen molar-refractivity contribution in [3.8, 4) is 11.6 Å². The zero-order valence-corrected chi connectivity index (χ0v) is 15.7. The predicted molar refractivity (Wildman–Crippen MR) is 100 cm³/mol. The van der Waals surface area contributed by atoms with E-state index in [-0.39, 0.29) is 11.7 Å². The molecule has 0 atom stereocenters. The normalized spacial score (nSPS) is 14.6. The molecule has 1 aliphatic heterocycles. The van der Waals surface area contributed by atoms with Gasteiger partial charge in [-0.15, -0.1) is 23.4 Å². The lowest BCUT2D eigenvalue weighted by Crippen LogP contribution is -2.49. The molecule has 0 N–H and O–H groups in total. The van der Waals surface area contributed by atoms with E-state index in [2.05, 4.69) is 20.0 Å². The summed E-state index contributed by atoms with van der Waals surface area (Å²) in [5.74, 6) is 0.705. The molecule has 11 heteroatoms. The van der Waals surface area contributed by atoms with Crippen LogP contribution >= 0.6 is 0 Å². The first-order chi connectivity index (χ1) is 14.4. The number of halogens is 3. The molecule has 0 radical (unpaired) electrons. The maximum atomic E-state index is 12.6. The summed E-state index contributed by atoms with van der Waals surface area (Å²) in [7, 11) is 0. The molecule has 4 rings (SSSR count). The summed E-state index contributed by atoms with van der Waals surface area (Å²) in [6.45, 7) is 2.05. The Bertz CT molecular complexity index is 983. The molecule has 0 unspecified atom stereocenters. The lowest BCUT2D eigenvalue weighted by molar-refractivity contribution is -0.274. The van der Waals surface area contributed by atoms with E-state index in [1.165, 1.54) is 12.1 Å². The zero-order valence-electron chi connectivity index (χ0n) is 15.7. The number of hydrogen-bond donors (Lipinski definition) is 0. The van der Waals surface area contributed by atoms with Gasteiger partial charge in [-0.25, -0.2) is 4.68 Å². The summed E-state index contributed by atoms with van der Waals surface area (Å²) in [6, 6.07) is 10.4. The van der Waals surface area contributed by atoms with Gasteiger partial charge in [0.05, 0.1) is 0 Å². The Balaban J connectivity index is 1.34. The van der Waals surface area contributed by atoms with Gasteiger partial charge in [-0.3, -0.25) is 4.79 Å². The van der Waals surface area contributed by atoms with Crippen molar-refractivity contribution in [2.45, 2.75) is 6.36 Å². The van der Waals surface area contributed by atoms with Crippen LogP contribution in [0, 0.1) is 0 Å². The third-order valence-corrected chi connectivity index (χ3v) is 4.60. The number of carbonyl (C=O) groups is 1. The lowest BCUT2D eigenvalue weighted by atomic mass is 10.1. The number of alkyl halides is 3. The summed E-state index contributed by atoms with van der Waals surface area (Å²) < 4.78 is 42.2. The molecule has 1 fully saturated rings. The van der Waals surface area contributed by atoms with E-state index in [9.17, 15) is 18.0 Å². The fraction of sp³-hybridized carbons (Fsp3) is 0.263. The molecule has 156 valence electrons. The van der Waals surface area contributed by atoms with Gasteiger partial charge in [-0.1, -0.05) is 0 Å². The number of anilines is 1. The predicted octanol–water partition coefficient (Wildman–Crippen LogP) is 2.52. The van der Waals surface area contributed by atoms with Gasteiger partial charge < -0.3 is 14.5 Å². The fourth-order valence-electron chi connectivity index (χ4n) is 3.13. The van der Waals surface area contributed by atoms with Gasteiger partial charge in [0.25, 0.3) is 5.91 Å². The number of ether oxygens (including phenoxy) is 1. The first-order valence-electron chi connectivity index (χ1n) is 9.13. The van der Waals surface area contributed by atoms with Gasteiger partial charge in [0.15, 0.2) is 11.6 Å². The van der Waals surface area contributed by atoms with E-state index in [1.54, 1.807) is 28.0 Å². The summed E-state index contributed by atoms with van der Waals surface area (Å²) >= 11 is 0. The molecular weight excluding hydrogens is 401 g/mol. The van der Waals surface area contributed by atoms with Crippen LogP contribution in [0.5, 0.6) is 5.75 Å². The maximum Gasteiger partial charge on any atom is 0.573 e. The second kappa shape index (κ2) is 8.01. The average molecular weight is 418 g/mol. The second-order valence-electron chi connectivity index (χ2n) is 6.55. The Kier molecular flexibility index (Phi) is 5.25. The quantitative estimate of drug-likeness (QED) is 0.648. The summed E-state index contributed by atoms with van der Waals surface area (Å²) in [5.41, 5.74) is 0.307. The first kappa shape index (κ1) is 19.7. The maximum absolute atomic E-state index is 12.6. The molecule has 1 saturated heterocycles. The Morgan fingerprint density at radius 2 is 1.60 bits per heavy atom. The molecule has 3 aromatic rings. The molecule has 1 amide bonds. The molecule has 30 heavy (non-hydrogen) atoms. The van der Waals surface area contributed by atoms with E-state index in [0.717, 1.165) is 12.1 Å². The van der Waals surface area contributed by atoms with Gasteiger partial charge in [-0.2, -0.15) is 5.10 Å². The monoisotopic (exact) mass is 418 g/mol. The number of amides is 1. The minimum absolute atomic E-state index is 0.242. The van der Waals surface area contributed by atoms with Crippen LogP contribution in [0.2, 0.25) is 0 Å². The molecule has 1 aromatic carbocycles. The highest BCUT2D eigenvalue weighted by molar-refractivity contribution is 5.94. The van der Waals surface area contributed by atoms with Gasteiger partial charge in [-0.05, 0) is 42.5 Å². The van der Waals surface area contributed by atoms with Crippen molar-refractivity contribution in [2.24, 2.45) is 0 Å². The highest BCUT2D eigenvalue weighted by Gasteiger charge is 2.31. The van der Waals surface area contributed by atoms with Crippen molar-refractivity contribution in [1.29, 1.82) is 0 Å². The molecule has 2 aromatic heterocycles. The molecule has 3 heterocycles. The molecule has 0 saturated carbocycles. The van der Waals surface area contributed by atoms with Crippen LogP contribution in [-0.4, -0.2) is 63.3 Å². The number of benzene rings is 1. The Morgan fingerprint density at radius 3 is 2.17 bits per heavy atom. The smallest absolute Gasteiger partial charge is 0.406 e. The molecular formula is C19H17F3N6O2. The van der Waals surface area contributed by atoms with Gasteiger partial charge in [0.1, 0.15) is 5.75 Å². The summed E-state index contributed by atoms with van der Waals surface area (Å²) in [4.78, 5) is 16.3. The SMILES string of the molecule is O=C(c1ccc(OC(F)(F)F)cc1)N1CCN(c2ccc(-n3cccn3)nn2)CC1. The summed E-state index contributed by atoms with van der Waals surface area (Å²) in [5, 5.41) is 12.5. The second-order valence-corrected chi connectivity index (χ2v) is 6.55. The van der Waals surface area contributed by atoms with Crippen LogP contribution in [0.3, 0.4) is 0 Å². The van der Waals surface area contributed by atoms with Crippen molar-refractivity contribution in [1.82, 2.24) is 24.9 Å². The van der Waals surface area contributed by atoms with Gasteiger partial charge >= 0.3 is 6.36 Å². The zero-order chi connectivity index (χ0) is 21.1. The standard InChI is InChI=1S/C19H17F3N6O2/c20-19(21,22)30-15-4-2-14(3-5-15)18(29)27-12-10-26(11-13-27)16-6-7-17(25-24-16)28-9-1-8-23-28/h1-9H,10-13H2. The Morgan fingerprint density at radius 1 is 0.933 bits per heavy atom. The van der Waals surface area contributed by atoms with Crippen LogP contribution in [0.1, 0.15) is 10.4 Å². The average Bonchev–Trinajstić information content (AvgIpc) is 3.28. The van der Waals surface area contributed by atoms with E-state index >= 15 is 0 Å². The van der Waals surface area contributed by atoms with Crippen molar-refractivity contribution in [3.63, 3.8) is 0 Å². The largest absolute Gasteiger partial charge is 0.573 e. The molecule has 1 aliphatic rings. The fourth-order valence-corrected chi connectivity index (χ4v) is 3.13. The van der Waals surface area contributed by atoms with E-state index in [0.29, 0.717) is 43.4 Å². The number of aromatic nitrogens is 4. The topological polar surface area (TPSA) is 76.4 Å². The third-order valence-electron chi connectivity index (χ3n) is 4.60. The van der Waals surface area contributed by atoms with Crippen LogP contribution in [0.15, 0.2) is 54.9 Å². The molecule has 0 aliphatic carbocycles. The highest BCUT2D eigenvalue weighted by Crippen LogP contribution is 2.23. The molecule has 0 bridgehead atoms. The number of piperazine rings is 1. The summed E-state index contributed by atoms with van der Waals surface area (Å²) in [6.07, 6.45) is -1.33. The first-order valence-corrected chi connectivity index (χ1v) is 9.13. The van der Waals surface area contributed by atoms with E-state index in [4.69, 9.17) is 0 Å². The number of nitrogens with zero attached hydrogens (tertiary/aromatic N) is 6. The van der Waals surface area contributed by atoms with Crippen molar-refractivity contribution >= 4 is 11.7 Å². The third kappa shape index (κ3) is 4.50. The lowest BCUT2D eigenvalue weighted by Gasteiger charge is -2.35. The molecule has 0 spiro atoms. The molecule has 8 nitrogen and oxygen atoms in total. The van der Waals surface area contributed by atoms with Crippen LogP contribution in [0.4, 0.5) is 19.0 Å². The minimum Gasteiger partial charge on any atom is -0.406 e. The van der Waals surface area contributed by atoms with Crippen molar-refractivity contribution in [3.05, 3.63) is 60.4 Å². The van der Waals surface area contributed by atoms with Crippen molar-refractivity contribution < 1.29 is 22.7 Å². The van der Waals surface area contributed by atoms with Gasteiger partial charge in [0, 0.05) is 44.1 Å². The highest BCUT2D eigenvalue weighted by atomic mass is 19.4.